The van der Waals surface area contributed by atoms with Gasteiger partial charge in [0.05, 0.1) is 16.8 Å². The molecule has 1 saturated carbocycles. The van der Waals surface area contributed by atoms with Crippen LogP contribution in [0.3, 0.4) is 0 Å². The lowest BCUT2D eigenvalue weighted by Crippen LogP contribution is -2.36. The minimum Gasteiger partial charge on any atom is -0.298 e. The third-order valence-corrected chi connectivity index (χ3v) is 5.93. The number of carbonyl (C=O) groups is 1. The molecule has 1 aromatic heterocycles. The summed E-state index contributed by atoms with van der Waals surface area (Å²) in [6, 6.07) is 18.3. The molecule has 4 rings (SSSR count). The average molecular weight is 362 g/mol. The predicted molar refractivity (Wildman–Crippen MR) is 108 cm³/mol. The van der Waals surface area contributed by atoms with Gasteiger partial charge in [-0.1, -0.05) is 56.3 Å². The molecule has 1 heterocycles. The highest BCUT2D eigenvalue weighted by Crippen LogP contribution is 2.41. The van der Waals surface area contributed by atoms with E-state index in [-0.39, 0.29) is 17.1 Å². The summed E-state index contributed by atoms with van der Waals surface area (Å²) in [5.41, 5.74) is 3.07. The van der Waals surface area contributed by atoms with E-state index in [9.17, 15) is 4.79 Å². The summed E-state index contributed by atoms with van der Waals surface area (Å²) in [7, 11) is 0. The Balaban J connectivity index is 1.72. The van der Waals surface area contributed by atoms with E-state index >= 15 is 0 Å². The summed E-state index contributed by atoms with van der Waals surface area (Å²) in [5, 5.41) is 0.888. The van der Waals surface area contributed by atoms with E-state index in [1.54, 1.807) is 11.3 Å². The van der Waals surface area contributed by atoms with Crippen LogP contribution in [0.1, 0.15) is 43.2 Å². The van der Waals surface area contributed by atoms with Crippen molar-refractivity contribution in [3.05, 3.63) is 65.2 Å². The molecule has 132 valence electrons. The number of hydrogen-bond donors (Lipinski definition) is 0. The number of thiazole rings is 1. The van der Waals surface area contributed by atoms with Crippen LogP contribution in [0.15, 0.2) is 59.6 Å². The van der Waals surface area contributed by atoms with Crippen molar-refractivity contribution in [1.82, 2.24) is 4.98 Å². The van der Waals surface area contributed by atoms with Crippen LogP contribution in [-0.4, -0.2) is 16.5 Å². The number of rotatable bonds is 3. The molecule has 0 radical (unpaired) electrons. The van der Waals surface area contributed by atoms with Gasteiger partial charge < -0.3 is 0 Å². The van der Waals surface area contributed by atoms with Crippen molar-refractivity contribution in [2.75, 3.05) is 0 Å². The van der Waals surface area contributed by atoms with Gasteiger partial charge in [0.2, 0.25) is 0 Å². The molecule has 0 amide bonds. The van der Waals surface area contributed by atoms with Gasteiger partial charge in [0.15, 0.2) is 0 Å². The second kappa shape index (κ2) is 6.76. The molecule has 4 heteroatoms. The van der Waals surface area contributed by atoms with Crippen LogP contribution >= 0.6 is 11.3 Å². The molecule has 26 heavy (non-hydrogen) atoms. The third-order valence-electron chi connectivity index (χ3n) is 4.83. The molecule has 0 bridgehead atoms. The molecule has 1 fully saturated rings. The topological polar surface area (TPSA) is 42.3 Å². The quantitative estimate of drug-likeness (QED) is 0.625. The van der Waals surface area contributed by atoms with Gasteiger partial charge in [-0.05, 0) is 29.5 Å². The Morgan fingerprint density at radius 3 is 2.58 bits per heavy atom. The number of nitrogens with zero attached hydrogens (tertiary/aromatic N) is 2. The zero-order valence-corrected chi connectivity index (χ0v) is 15.9. The van der Waals surface area contributed by atoms with Crippen molar-refractivity contribution in [2.24, 2.45) is 10.4 Å². The molecule has 0 spiro atoms. The van der Waals surface area contributed by atoms with Gasteiger partial charge in [-0.15, -0.1) is 11.3 Å². The lowest BCUT2D eigenvalue weighted by Gasteiger charge is -2.33. The van der Waals surface area contributed by atoms with Gasteiger partial charge in [-0.25, -0.2) is 4.98 Å². The molecule has 0 aliphatic heterocycles. The lowest BCUT2D eigenvalue weighted by atomic mass is 9.71. The Morgan fingerprint density at radius 2 is 1.81 bits per heavy atom. The first kappa shape index (κ1) is 17.1. The molecular formula is C22H22N2OS. The van der Waals surface area contributed by atoms with E-state index in [0.717, 1.165) is 27.4 Å². The van der Waals surface area contributed by atoms with Crippen molar-refractivity contribution in [2.45, 2.75) is 39.2 Å². The van der Waals surface area contributed by atoms with Crippen molar-refractivity contribution >= 4 is 33.0 Å². The molecule has 2 aromatic carbocycles. The fourth-order valence-electron chi connectivity index (χ4n) is 3.63. The van der Waals surface area contributed by atoms with Crippen LogP contribution in [0.4, 0.5) is 0 Å². The SMILES string of the molecule is CC1(C)CC(=O)C(c2nc3ccccc3s2)C(=NCc2ccccc2)C1. The molecule has 1 atom stereocenters. The van der Waals surface area contributed by atoms with Crippen LogP contribution in [-0.2, 0) is 11.3 Å². The average Bonchev–Trinajstić information content (AvgIpc) is 3.03. The van der Waals surface area contributed by atoms with Crippen LogP contribution in [0.2, 0.25) is 0 Å². The van der Waals surface area contributed by atoms with Crippen molar-refractivity contribution in [3.8, 4) is 0 Å². The number of ketones is 1. The van der Waals surface area contributed by atoms with E-state index < -0.39 is 0 Å². The maximum atomic E-state index is 13.0. The zero-order valence-electron chi connectivity index (χ0n) is 15.1. The third kappa shape index (κ3) is 3.47. The van der Waals surface area contributed by atoms with Crippen LogP contribution in [0, 0.1) is 5.41 Å². The number of aromatic nitrogens is 1. The van der Waals surface area contributed by atoms with Crippen molar-refractivity contribution in [3.63, 3.8) is 0 Å². The molecule has 0 saturated heterocycles. The monoisotopic (exact) mass is 362 g/mol. The molecule has 1 aliphatic rings. The second-order valence-electron chi connectivity index (χ2n) is 7.73. The van der Waals surface area contributed by atoms with E-state index in [0.29, 0.717) is 13.0 Å². The largest absolute Gasteiger partial charge is 0.298 e. The van der Waals surface area contributed by atoms with E-state index in [1.165, 1.54) is 5.56 Å². The van der Waals surface area contributed by atoms with Crippen molar-refractivity contribution in [1.29, 1.82) is 0 Å². The lowest BCUT2D eigenvalue weighted by molar-refractivity contribution is -0.121. The molecule has 1 unspecified atom stereocenters. The summed E-state index contributed by atoms with van der Waals surface area (Å²) in [5.74, 6) is -0.0451. The number of Topliss-reactive ketones (excluding diaryl/α,β-unsaturated/α-hetero) is 1. The molecular weight excluding hydrogens is 340 g/mol. The first-order valence-corrected chi connectivity index (χ1v) is 9.79. The van der Waals surface area contributed by atoms with E-state index in [1.807, 2.05) is 36.4 Å². The Hall–Kier alpha value is -2.33. The number of carbonyl (C=O) groups excluding carboxylic acids is 1. The number of benzene rings is 2. The summed E-state index contributed by atoms with van der Waals surface area (Å²) in [6.07, 6.45) is 1.42. The normalized spacial score (nSPS) is 21.4. The molecule has 0 N–H and O–H groups in total. The molecule has 3 aromatic rings. The number of aliphatic imine (C=N–C) groups is 1. The first-order valence-electron chi connectivity index (χ1n) is 8.97. The highest BCUT2D eigenvalue weighted by molar-refractivity contribution is 7.18. The standard InChI is InChI=1S/C22H22N2OS/c1-22(2)12-17(23-14-15-8-4-3-5-9-15)20(18(25)13-22)21-24-16-10-6-7-11-19(16)26-21/h3-11,20H,12-14H2,1-2H3. The van der Waals surface area contributed by atoms with Gasteiger partial charge >= 0.3 is 0 Å². The minimum atomic E-state index is -0.288. The van der Waals surface area contributed by atoms with Gasteiger partial charge in [0, 0.05) is 12.1 Å². The van der Waals surface area contributed by atoms with Crippen LogP contribution < -0.4 is 0 Å². The number of fused-ring (bicyclic) bond motifs is 1. The zero-order chi connectivity index (χ0) is 18.1. The Labute approximate surface area is 157 Å². The minimum absolute atomic E-state index is 0.0419. The fraction of sp³-hybridized carbons (Fsp3) is 0.318. The summed E-state index contributed by atoms with van der Waals surface area (Å²) in [6.45, 7) is 4.91. The maximum absolute atomic E-state index is 13.0. The summed E-state index contributed by atoms with van der Waals surface area (Å²) < 4.78 is 1.13. The first-order chi connectivity index (χ1) is 12.5. The van der Waals surface area contributed by atoms with Gasteiger partial charge in [0.1, 0.15) is 16.7 Å². The Bertz CT molecular complexity index is 939. The van der Waals surface area contributed by atoms with E-state index in [4.69, 9.17) is 9.98 Å². The van der Waals surface area contributed by atoms with Gasteiger partial charge in [0.25, 0.3) is 0 Å². The van der Waals surface area contributed by atoms with Crippen LogP contribution in [0.25, 0.3) is 10.2 Å². The summed E-state index contributed by atoms with van der Waals surface area (Å²) in [4.78, 5) is 22.6. The number of hydrogen-bond acceptors (Lipinski definition) is 4. The van der Waals surface area contributed by atoms with Crippen LogP contribution in [0.5, 0.6) is 0 Å². The Kier molecular flexibility index (Phi) is 4.45. The maximum Gasteiger partial charge on any atom is 0.148 e. The van der Waals surface area contributed by atoms with Crippen molar-refractivity contribution < 1.29 is 4.79 Å². The van der Waals surface area contributed by atoms with Gasteiger partial charge in [-0.3, -0.25) is 9.79 Å². The fourth-order valence-corrected chi connectivity index (χ4v) is 4.75. The summed E-state index contributed by atoms with van der Waals surface area (Å²) >= 11 is 1.62. The number of para-hydroxylation sites is 1. The highest BCUT2D eigenvalue weighted by atomic mass is 32.1. The highest BCUT2D eigenvalue weighted by Gasteiger charge is 2.40. The Morgan fingerprint density at radius 1 is 1.08 bits per heavy atom. The van der Waals surface area contributed by atoms with E-state index in [2.05, 4.69) is 32.0 Å². The second-order valence-corrected chi connectivity index (χ2v) is 8.79. The molecule has 1 aliphatic carbocycles. The predicted octanol–water partition coefficient (Wildman–Crippen LogP) is 5.41. The molecule has 3 nitrogen and oxygen atoms in total. The smallest absolute Gasteiger partial charge is 0.148 e. The van der Waals surface area contributed by atoms with Gasteiger partial charge in [-0.2, -0.15) is 0 Å².